The van der Waals surface area contributed by atoms with Crippen molar-refractivity contribution < 1.29 is 9.59 Å². The molecule has 146 valence electrons. The molecule has 3 rings (SSSR count). The number of fused-ring (bicyclic) bond motifs is 1. The van der Waals surface area contributed by atoms with Crippen LogP contribution in [-0.2, 0) is 11.3 Å². The molecular formula is C20H22ClN5O2. The first-order chi connectivity index (χ1) is 13.4. The van der Waals surface area contributed by atoms with E-state index in [2.05, 4.69) is 27.9 Å². The van der Waals surface area contributed by atoms with Crippen molar-refractivity contribution in [2.75, 3.05) is 5.32 Å². The third kappa shape index (κ3) is 4.31. The highest BCUT2D eigenvalue weighted by Crippen LogP contribution is 2.20. The number of halogens is 1. The molecule has 0 fully saturated rings. The number of hydrogen-bond donors (Lipinski definition) is 2. The van der Waals surface area contributed by atoms with E-state index < -0.39 is 6.04 Å². The van der Waals surface area contributed by atoms with Crippen molar-refractivity contribution in [3.63, 3.8) is 0 Å². The summed E-state index contributed by atoms with van der Waals surface area (Å²) >= 11 is 5.98. The Morgan fingerprint density at radius 1 is 1.21 bits per heavy atom. The molecule has 0 spiro atoms. The van der Waals surface area contributed by atoms with Gasteiger partial charge in [0.1, 0.15) is 11.6 Å². The number of aromatic nitrogens is 3. The summed E-state index contributed by atoms with van der Waals surface area (Å²) in [7, 11) is 0. The fourth-order valence-corrected chi connectivity index (χ4v) is 2.98. The van der Waals surface area contributed by atoms with Gasteiger partial charge >= 0.3 is 0 Å². The molecule has 1 atom stereocenters. The lowest BCUT2D eigenvalue weighted by atomic mass is 10.1. The number of rotatable bonds is 6. The second-order valence-electron chi connectivity index (χ2n) is 6.66. The first-order valence-corrected chi connectivity index (χ1v) is 9.48. The molecule has 0 aliphatic carbocycles. The van der Waals surface area contributed by atoms with E-state index in [-0.39, 0.29) is 11.8 Å². The van der Waals surface area contributed by atoms with Crippen LogP contribution in [0.15, 0.2) is 36.4 Å². The summed E-state index contributed by atoms with van der Waals surface area (Å²) < 4.78 is 1.81. The van der Waals surface area contributed by atoms with Gasteiger partial charge in [-0.2, -0.15) is 0 Å². The highest BCUT2D eigenvalue weighted by Gasteiger charge is 2.18. The third-order valence-electron chi connectivity index (χ3n) is 4.41. The van der Waals surface area contributed by atoms with Crippen molar-refractivity contribution in [2.45, 2.75) is 39.8 Å². The molecule has 0 aliphatic rings. The van der Waals surface area contributed by atoms with Crippen LogP contribution in [0.3, 0.4) is 0 Å². The van der Waals surface area contributed by atoms with Gasteiger partial charge in [0, 0.05) is 22.8 Å². The number of carbonyl (C=O) groups is 2. The molecule has 0 bridgehead atoms. The summed E-state index contributed by atoms with van der Waals surface area (Å²) in [5.41, 5.74) is 3.45. The number of nitrogens with zero attached hydrogens (tertiary/aromatic N) is 3. The van der Waals surface area contributed by atoms with Gasteiger partial charge in [0.15, 0.2) is 0 Å². The molecular weight excluding hydrogens is 378 g/mol. The van der Waals surface area contributed by atoms with Crippen LogP contribution in [0.1, 0.15) is 36.2 Å². The average Bonchev–Trinajstić information content (AvgIpc) is 3.07. The van der Waals surface area contributed by atoms with Gasteiger partial charge < -0.3 is 10.6 Å². The smallest absolute Gasteiger partial charge is 0.251 e. The topological polar surface area (TPSA) is 88.9 Å². The van der Waals surface area contributed by atoms with E-state index in [9.17, 15) is 9.59 Å². The van der Waals surface area contributed by atoms with Gasteiger partial charge in [-0.25, -0.2) is 4.68 Å². The van der Waals surface area contributed by atoms with E-state index in [1.807, 2.05) is 19.1 Å². The predicted octanol–water partition coefficient (Wildman–Crippen LogP) is 3.56. The predicted molar refractivity (Wildman–Crippen MR) is 110 cm³/mol. The van der Waals surface area contributed by atoms with Crippen LogP contribution < -0.4 is 10.6 Å². The number of hydrogen-bond acceptors (Lipinski definition) is 4. The summed E-state index contributed by atoms with van der Waals surface area (Å²) in [6, 6.07) is 9.73. The van der Waals surface area contributed by atoms with Crippen molar-refractivity contribution in [2.24, 2.45) is 0 Å². The van der Waals surface area contributed by atoms with E-state index in [4.69, 9.17) is 11.6 Å². The van der Waals surface area contributed by atoms with E-state index in [0.717, 1.165) is 24.0 Å². The number of anilines is 1. The maximum Gasteiger partial charge on any atom is 0.251 e. The number of amides is 2. The first-order valence-electron chi connectivity index (χ1n) is 9.10. The highest BCUT2D eigenvalue weighted by molar-refractivity contribution is 6.31. The van der Waals surface area contributed by atoms with Crippen LogP contribution in [0, 0.1) is 6.92 Å². The van der Waals surface area contributed by atoms with Crippen molar-refractivity contribution >= 4 is 40.1 Å². The molecule has 8 heteroatoms. The van der Waals surface area contributed by atoms with Gasteiger partial charge in [0.2, 0.25) is 5.91 Å². The van der Waals surface area contributed by atoms with Crippen LogP contribution in [0.2, 0.25) is 5.02 Å². The maximum absolute atomic E-state index is 12.5. The molecule has 7 nitrogen and oxygen atoms in total. The summed E-state index contributed by atoms with van der Waals surface area (Å²) in [6.07, 6.45) is 0.944. The third-order valence-corrected chi connectivity index (χ3v) is 4.64. The zero-order valence-corrected chi connectivity index (χ0v) is 16.7. The van der Waals surface area contributed by atoms with Gasteiger partial charge in [-0.05, 0) is 56.2 Å². The van der Waals surface area contributed by atoms with Crippen LogP contribution in [-0.4, -0.2) is 32.9 Å². The molecule has 3 aromatic rings. The summed E-state index contributed by atoms with van der Waals surface area (Å²) in [6.45, 7) is 6.33. The van der Waals surface area contributed by atoms with Crippen molar-refractivity contribution in [1.29, 1.82) is 0 Å². The molecule has 0 saturated carbocycles. The minimum absolute atomic E-state index is 0.325. The van der Waals surface area contributed by atoms with Crippen molar-refractivity contribution in [3.05, 3.63) is 52.5 Å². The Morgan fingerprint density at radius 3 is 2.75 bits per heavy atom. The molecule has 0 aliphatic heterocycles. The van der Waals surface area contributed by atoms with Crippen LogP contribution in [0.5, 0.6) is 0 Å². The first kappa shape index (κ1) is 19.8. The van der Waals surface area contributed by atoms with Gasteiger partial charge in [-0.3, -0.25) is 9.59 Å². The zero-order chi connectivity index (χ0) is 20.3. The second-order valence-corrected chi connectivity index (χ2v) is 7.10. The molecule has 2 N–H and O–H groups in total. The minimum atomic E-state index is -0.725. The normalized spacial score (nSPS) is 12.0. The van der Waals surface area contributed by atoms with Gasteiger partial charge in [-0.1, -0.05) is 29.8 Å². The Bertz CT molecular complexity index is 1030. The van der Waals surface area contributed by atoms with Gasteiger partial charge in [-0.15, -0.1) is 5.10 Å². The fourth-order valence-electron chi connectivity index (χ4n) is 2.81. The zero-order valence-electron chi connectivity index (χ0n) is 16.0. The Labute approximate surface area is 168 Å². The van der Waals surface area contributed by atoms with Crippen molar-refractivity contribution in [3.8, 4) is 0 Å². The number of nitrogens with one attached hydrogen (secondary N) is 2. The Kier molecular flexibility index (Phi) is 5.94. The van der Waals surface area contributed by atoms with Crippen LogP contribution >= 0.6 is 11.6 Å². The Hall–Kier alpha value is -2.93. The fraction of sp³-hybridized carbons (Fsp3) is 0.300. The maximum atomic E-state index is 12.5. The average molecular weight is 400 g/mol. The quantitative estimate of drug-likeness (QED) is 0.663. The van der Waals surface area contributed by atoms with Crippen LogP contribution in [0.25, 0.3) is 11.0 Å². The van der Waals surface area contributed by atoms with E-state index in [0.29, 0.717) is 21.8 Å². The summed E-state index contributed by atoms with van der Waals surface area (Å²) in [5, 5.41) is 14.2. The lowest BCUT2D eigenvalue weighted by molar-refractivity contribution is -0.117. The lowest BCUT2D eigenvalue weighted by Crippen LogP contribution is -2.41. The van der Waals surface area contributed by atoms with Gasteiger partial charge in [0.25, 0.3) is 5.91 Å². The van der Waals surface area contributed by atoms with Crippen LogP contribution in [0.4, 0.5) is 5.69 Å². The molecule has 28 heavy (non-hydrogen) atoms. The molecule has 2 amide bonds. The molecule has 0 saturated heterocycles. The minimum Gasteiger partial charge on any atom is -0.341 e. The van der Waals surface area contributed by atoms with Gasteiger partial charge in [0.05, 0.1) is 5.52 Å². The number of aryl methyl sites for hydroxylation is 2. The van der Waals surface area contributed by atoms with Crippen molar-refractivity contribution in [1.82, 2.24) is 20.3 Å². The lowest BCUT2D eigenvalue weighted by Gasteiger charge is -2.15. The monoisotopic (exact) mass is 399 g/mol. The van der Waals surface area contributed by atoms with E-state index >= 15 is 0 Å². The molecule has 0 unspecified atom stereocenters. The summed E-state index contributed by atoms with van der Waals surface area (Å²) in [4.78, 5) is 25.0. The van der Waals surface area contributed by atoms with E-state index in [1.165, 1.54) is 0 Å². The SMILES string of the molecule is CCCn1nnc2cc(C(=O)N[C@H](C)C(=O)Nc3cc(Cl)ccc3C)ccc21. The number of benzene rings is 2. The summed E-state index contributed by atoms with van der Waals surface area (Å²) in [5.74, 6) is -0.675. The Morgan fingerprint density at radius 2 is 2.00 bits per heavy atom. The number of carbonyl (C=O) groups excluding carboxylic acids is 2. The highest BCUT2D eigenvalue weighted by atomic mass is 35.5. The molecule has 1 heterocycles. The molecule has 1 aromatic heterocycles. The largest absolute Gasteiger partial charge is 0.341 e. The molecule has 2 aromatic carbocycles. The van der Waals surface area contributed by atoms with E-state index in [1.54, 1.807) is 35.9 Å². The molecule has 0 radical (unpaired) electrons. The Balaban J connectivity index is 1.68. The standard InChI is InChI=1S/C20H22ClN5O2/c1-4-9-26-18-8-6-14(10-17(18)24-25-26)20(28)22-13(3)19(27)23-16-11-15(21)7-5-12(16)2/h5-8,10-11,13H,4,9H2,1-3H3,(H,22,28)(H,23,27)/t13-/m1/s1. The second kappa shape index (κ2) is 8.39.